The molecule has 1 aliphatic carbocycles. The standard InChI is InChI=1S/C14H12N4O2S/c15-9-8-10(7-2-1-5-20-7)17-13(6-3-4-6)18-14(8)21-11(9)12(16)19/h1-2,5-6H,3-4,15H2,(H2,16,19). The van der Waals surface area contributed by atoms with E-state index in [0.29, 0.717) is 38.2 Å². The van der Waals surface area contributed by atoms with Crippen molar-refractivity contribution in [3.05, 3.63) is 29.1 Å². The lowest BCUT2D eigenvalue weighted by Crippen LogP contribution is -2.10. The van der Waals surface area contributed by atoms with Gasteiger partial charge in [0.2, 0.25) is 0 Å². The van der Waals surface area contributed by atoms with Gasteiger partial charge in [-0.15, -0.1) is 11.3 Å². The van der Waals surface area contributed by atoms with Gasteiger partial charge in [0.05, 0.1) is 17.3 Å². The molecule has 4 rings (SSSR count). The molecule has 4 N–H and O–H groups in total. The number of carbonyl (C=O) groups is 1. The Morgan fingerprint density at radius 2 is 2.19 bits per heavy atom. The highest BCUT2D eigenvalue weighted by Gasteiger charge is 2.30. The maximum Gasteiger partial charge on any atom is 0.260 e. The van der Waals surface area contributed by atoms with Crippen LogP contribution in [-0.2, 0) is 0 Å². The van der Waals surface area contributed by atoms with E-state index in [1.54, 1.807) is 12.3 Å². The second kappa shape index (κ2) is 4.29. The topological polar surface area (TPSA) is 108 Å². The summed E-state index contributed by atoms with van der Waals surface area (Å²) in [4.78, 5) is 21.7. The molecule has 3 aromatic heterocycles. The van der Waals surface area contributed by atoms with E-state index in [0.717, 1.165) is 18.7 Å². The third kappa shape index (κ3) is 1.89. The third-order valence-electron chi connectivity index (χ3n) is 3.53. The monoisotopic (exact) mass is 300 g/mol. The fourth-order valence-electron chi connectivity index (χ4n) is 2.34. The largest absolute Gasteiger partial charge is 0.463 e. The number of primary amides is 1. The Morgan fingerprint density at radius 1 is 1.38 bits per heavy atom. The maximum absolute atomic E-state index is 11.5. The number of thiophene rings is 1. The quantitative estimate of drug-likeness (QED) is 0.772. The van der Waals surface area contributed by atoms with Gasteiger partial charge in [0.1, 0.15) is 21.2 Å². The van der Waals surface area contributed by atoms with Gasteiger partial charge in [-0.3, -0.25) is 4.79 Å². The normalized spacial score (nSPS) is 14.7. The summed E-state index contributed by atoms with van der Waals surface area (Å²) in [5, 5.41) is 0.646. The Bertz CT molecular complexity index is 850. The smallest absolute Gasteiger partial charge is 0.260 e. The Kier molecular flexibility index (Phi) is 2.52. The number of nitrogens with zero attached hydrogens (tertiary/aromatic N) is 2. The van der Waals surface area contributed by atoms with Crippen LogP contribution in [0, 0.1) is 0 Å². The zero-order valence-electron chi connectivity index (χ0n) is 11.0. The lowest BCUT2D eigenvalue weighted by Gasteiger charge is -2.04. The van der Waals surface area contributed by atoms with Crippen LogP contribution in [0.25, 0.3) is 21.7 Å². The first kappa shape index (κ1) is 12.3. The fraction of sp³-hybridized carbons (Fsp3) is 0.214. The average Bonchev–Trinajstić information content (AvgIpc) is 3.06. The van der Waals surface area contributed by atoms with E-state index in [9.17, 15) is 4.79 Å². The first-order chi connectivity index (χ1) is 10.1. The minimum Gasteiger partial charge on any atom is -0.463 e. The van der Waals surface area contributed by atoms with Crippen LogP contribution >= 0.6 is 11.3 Å². The molecule has 3 heterocycles. The van der Waals surface area contributed by atoms with Crippen LogP contribution in [0.4, 0.5) is 5.69 Å². The number of anilines is 1. The second-order valence-electron chi connectivity index (χ2n) is 5.07. The minimum atomic E-state index is -0.547. The number of hydrogen-bond acceptors (Lipinski definition) is 6. The van der Waals surface area contributed by atoms with Gasteiger partial charge in [-0.1, -0.05) is 0 Å². The van der Waals surface area contributed by atoms with Crippen molar-refractivity contribution in [1.29, 1.82) is 0 Å². The van der Waals surface area contributed by atoms with Gasteiger partial charge >= 0.3 is 0 Å². The summed E-state index contributed by atoms with van der Waals surface area (Å²) in [7, 11) is 0. The Morgan fingerprint density at radius 3 is 2.81 bits per heavy atom. The number of hydrogen-bond donors (Lipinski definition) is 2. The summed E-state index contributed by atoms with van der Waals surface area (Å²) in [5.41, 5.74) is 12.4. The number of rotatable bonds is 3. The molecule has 1 fully saturated rings. The first-order valence-corrected chi connectivity index (χ1v) is 7.40. The summed E-state index contributed by atoms with van der Waals surface area (Å²) in [6.07, 6.45) is 3.76. The zero-order chi connectivity index (χ0) is 14.6. The van der Waals surface area contributed by atoms with E-state index >= 15 is 0 Å². The van der Waals surface area contributed by atoms with Crippen LogP contribution in [-0.4, -0.2) is 15.9 Å². The molecule has 3 aromatic rings. The van der Waals surface area contributed by atoms with Crippen LogP contribution in [0.15, 0.2) is 22.8 Å². The maximum atomic E-state index is 11.5. The Balaban J connectivity index is 2.06. The van der Waals surface area contributed by atoms with E-state index in [1.807, 2.05) is 6.07 Å². The van der Waals surface area contributed by atoms with E-state index in [-0.39, 0.29) is 0 Å². The van der Waals surface area contributed by atoms with Crippen LogP contribution in [0.5, 0.6) is 0 Å². The lowest BCUT2D eigenvalue weighted by atomic mass is 10.2. The first-order valence-electron chi connectivity index (χ1n) is 6.58. The number of carbonyl (C=O) groups excluding carboxylic acids is 1. The lowest BCUT2D eigenvalue weighted by molar-refractivity contribution is 0.100. The van der Waals surface area contributed by atoms with E-state index < -0.39 is 5.91 Å². The van der Waals surface area contributed by atoms with Crippen molar-refractivity contribution in [1.82, 2.24) is 9.97 Å². The van der Waals surface area contributed by atoms with Gasteiger partial charge < -0.3 is 15.9 Å². The van der Waals surface area contributed by atoms with Crippen molar-refractivity contribution < 1.29 is 9.21 Å². The predicted octanol–water partition coefficient (Wildman–Crippen LogP) is 2.51. The molecule has 0 radical (unpaired) electrons. The van der Waals surface area contributed by atoms with Crippen LogP contribution in [0.3, 0.4) is 0 Å². The van der Waals surface area contributed by atoms with Gasteiger partial charge in [-0.05, 0) is 25.0 Å². The van der Waals surface area contributed by atoms with Crippen LogP contribution < -0.4 is 11.5 Å². The van der Waals surface area contributed by atoms with E-state index in [2.05, 4.69) is 9.97 Å². The molecular weight excluding hydrogens is 288 g/mol. The molecule has 0 aliphatic heterocycles. The molecule has 1 saturated carbocycles. The number of nitrogen functional groups attached to an aromatic ring is 1. The molecular formula is C14H12N4O2S. The molecule has 0 bridgehead atoms. The molecule has 1 amide bonds. The molecule has 21 heavy (non-hydrogen) atoms. The highest BCUT2D eigenvalue weighted by atomic mass is 32.1. The molecule has 106 valence electrons. The van der Waals surface area contributed by atoms with Gasteiger partial charge in [0.25, 0.3) is 5.91 Å². The summed E-state index contributed by atoms with van der Waals surface area (Å²) < 4.78 is 5.45. The summed E-state index contributed by atoms with van der Waals surface area (Å²) in [6, 6.07) is 3.61. The predicted molar refractivity (Wildman–Crippen MR) is 80.0 cm³/mol. The van der Waals surface area contributed by atoms with Crippen molar-refractivity contribution in [3.63, 3.8) is 0 Å². The number of amides is 1. The van der Waals surface area contributed by atoms with Crippen LogP contribution in [0.1, 0.15) is 34.3 Å². The Hall–Kier alpha value is -2.41. The number of fused-ring (bicyclic) bond motifs is 1. The molecule has 7 heteroatoms. The average molecular weight is 300 g/mol. The summed E-state index contributed by atoms with van der Waals surface area (Å²) in [6.45, 7) is 0. The molecule has 0 unspecified atom stereocenters. The zero-order valence-corrected chi connectivity index (χ0v) is 11.8. The van der Waals surface area contributed by atoms with Crippen molar-refractivity contribution >= 4 is 33.1 Å². The number of aromatic nitrogens is 2. The molecule has 0 atom stereocenters. The molecule has 6 nitrogen and oxygen atoms in total. The minimum absolute atomic E-state index is 0.319. The molecule has 0 spiro atoms. The van der Waals surface area contributed by atoms with Gasteiger partial charge in [0.15, 0.2) is 5.76 Å². The van der Waals surface area contributed by atoms with Crippen molar-refractivity contribution in [2.75, 3.05) is 5.73 Å². The number of nitrogens with two attached hydrogens (primary N) is 2. The van der Waals surface area contributed by atoms with E-state index in [4.69, 9.17) is 15.9 Å². The summed E-state index contributed by atoms with van der Waals surface area (Å²) >= 11 is 1.21. The van der Waals surface area contributed by atoms with Gasteiger partial charge in [-0.2, -0.15) is 0 Å². The second-order valence-corrected chi connectivity index (χ2v) is 6.07. The van der Waals surface area contributed by atoms with Crippen molar-refractivity contribution in [2.45, 2.75) is 18.8 Å². The van der Waals surface area contributed by atoms with Crippen LogP contribution in [0.2, 0.25) is 0 Å². The highest BCUT2D eigenvalue weighted by molar-refractivity contribution is 7.21. The molecule has 0 saturated heterocycles. The van der Waals surface area contributed by atoms with E-state index in [1.165, 1.54) is 11.3 Å². The van der Waals surface area contributed by atoms with Crippen molar-refractivity contribution in [3.8, 4) is 11.5 Å². The molecule has 1 aliphatic rings. The number of furan rings is 1. The Labute approximate surface area is 123 Å². The van der Waals surface area contributed by atoms with Gasteiger partial charge in [0, 0.05) is 5.92 Å². The van der Waals surface area contributed by atoms with Crippen molar-refractivity contribution in [2.24, 2.45) is 5.73 Å². The summed E-state index contributed by atoms with van der Waals surface area (Å²) in [5.74, 6) is 1.24. The SMILES string of the molecule is NC(=O)c1sc2nc(C3CC3)nc(-c3ccco3)c2c1N. The third-order valence-corrected chi connectivity index (χ3v) is 4.64. The van der Waals surface area contributed by atoms with Gasteiger partial charge in [-0.25, -0.2) is 9.97 Å². The molecule has 0 aromatic carbocycles. The highest BCUT2D eigenvalue weighted by Crippen LogP contribution is 2.43. The fourth-order valence-corrected chi connectivity index (χ4v) is 3.29.